The van der Waals surface area contributed by atoms with Crippen molar-refractivity contribution in [3.05, 3.63) is 24.0 Å². The third-order valence-corrected chi connectivity index (χ3v) is 7.14. The third-order valence-electron chi connectivity index (χ3n) is 5.50. The van der Waals surface area contributed by atoms with Gasteiger partial charge in [0.15, 0.2) is 0 Å². The molecular weight excluding hydrogens is 306 g/mol. The maximum atomic E-state index is 12.7. The van der Waals surface area contributed by atoms with E-state index >= 15 is 0 Å². The van der Waals surface area contributed by atoms with Crippen LogP contribution in [0.5, 0.6) is 0 Å². The van der Waals surface area contributed by atoms with Crippen molar-refractivity contribution in [3.63, 3.8) is 0 Å². The molecule has 0 aromatic heterocycles. The first-order valence-corrected chi connectivity index (χ1v) is 9.52. The van der Waals surface area contributed by atoms with Gasteiger partial charge in [0.25, 0.3) is 0 Å². The van der Waals surface area contributed by atoms with Crippen molar-refractivity contribution in [2.75, 3.05) is 33.7 Å². The van der Waals surface area contributed by atoms with Crippen molar-refractivity contribution in [3.8, 4) is 0 Å². The monoisotopic (exact) mass is 335 g/mol. The molecule has 1 atom stereocenters. The lowest BCUT2D eigenvalue weighted by atomic mass is 9.95. The Hall–Kier alpha value is -0.940. The lowest BCUT2D eigenvalue weighted by Crippen LogP contribution is -2.44. The van der Waals surface area contributed by atoms with Gasteiger partial charge in [0, 0.05) is 43.1 Å². The summed E-state index contributed by atoms with van der Waals surface area (Å²) in [6.45, 7) is 9.48. The quantitative estimate of drug-likeness (QED) is 0.792. The molecule has 2 fully saturated rings. The lowest BCUT2D eigenvalue weighted by molar-refractivity contribution is -0.131. The van der Waals surface area contributed by atoms with Crippen LogP contribution in [0.2, 0.25) is 0 Å². The zero-order chi connectivity index (χ0) is 16.6. The molecule has 3 heterocycles. The van der Waals surface area contributed by atoms with E-state index in [9.17, 15) is 4.79 Å². The number of carbonyl (C=O) groups excluding carboxylic acids is 1. The molecule has 0 radical (unpaired) electrons. The number of carbonyl (C=O) groups is 1. The van der Waals surface area contributed by atoms with Crippen molar-refractivity contribution in [1.82, 2.24) is 14.7 Å². The predicted octanol–water partition coefficient (Wildman–Crippen LogP) is 2.89. The molecule has 128 valence electrons. The molecule has 23 heavy (non-hydrogen) atoms. The van der Waals surface area contributed by atoms with E-state index in [4.69, 9.17) is 0 Å². The average Bonchev–Trinajstić information content (AvgIpc) is 3.01. The number of amides is 1. The fourth-order valence-electron chi connectivity index (χ4n) is 3.86. The number of thioether (sulfide) groups is 1. The highest BCUT2D eigenvalue weighted by Crippen LogP contribution is 2.46. The Morgan fingerprint density at radius 3 is 2.70 bits per heavy atom. The first-order chi connectivity index (χ1) is 10.9. The summed E-state index contributed by atoms with van der Waals surface area (Å²) < 4.78 is 0.308. The fraction of sp³-hybridized carbons (Fsp3) is 0.722. The molecule has 3 rings (SSSR count). The van der Waals surface area contributed by atoms with Gasteiger partial charge < -0.3 is 14.7 Å². The van der Waals surface area contributed by atoms with Gasteiger partial charge in [0.1, 0.15) is 0 Å². The number of hydrogen-bond donors (Lipinski definition) is 0. The van der Waals surface area contributed by atoms with Gasteiger partial charge in [-0.25, -0.2) is 0 Å². The first kappa shape index (κ1) is 16.9. The van der Waals surface area contributed by atoms with Crippen molar-refractivity contribution in [2.24, 2.45) is 0 Å². The molecule has 1 unspecified atom stereocenters. The molecule has 0 saturated carbocycles. The highest BCUT2D eigenvalue weighted by atomic mass is 32.2. The number of hydrogen-bond acceptors (Lipinski definition) is 4. The van der Waals surface area contributed by atoms with E-state index in [-0.39, 0.29) is 0 Å². The molecule has 1 spiro atoms. The summed E-state index contributed by atoms with van der Waals surface area (Å²) in [5, 5.41) is 0.320. The molecule has 5 heteroatoms. The molecule has 1 amide bonds. The summed E-state index contributed by atoms with van der Waals surface area (Å²) in [6, 6.07) is 0. The molecule has 0 aromatic rings. The summed E-state index contributed by atoms with van der Waals surface area (Å²) in [4.78, 5) is 19.3. The first-order valence-electron chi connectivity index (χ1n) is 8.65. The van der Waals surface area contributed by atoms with Crippen molar-refractivity contribution in [1.29, 1.82) is 0 Å². The van der Waals surface area contributed by atoms with Gasteiger partial charge in [-0.2, -0.15) is 0 Å². The average molecular weight is 336 g/mol. The number of likely N-dealkylation sites (tertiary alicyclic amines) is 1. The Balaban J connectivity index is 1.54. The van der Waals surface area contributed by atoms with E-state index in [0.29, 0.717) is 22.4 Å². The molecular formula is C18H29N3OS. The molecule has 0 bridgehead atoms. The number of allylic oxidation sites excluding steroid dienone is 1. The van der Waals surface area contributed by atoms with Crippen LogP contribution in [0, 0.1) is 0 Å². The van der Waals surface area contributed by atoms with Gasteiger partial charge in [-0.05, 0) is 51.9 Å². The van der Waals surface area contributed by atoms with E-state index in [0.717, 1.165) is 38.2 Å². The van der Waals surface area contributed by atoms with E-state index in [1.165, 1.54) is 18.4 Å². The second kappa shape index (κ2) is 6.52. The Morgan fingerprint density at radius 2 is 2.09 bits per heavy atom. The summed E-state index contributed by atoms with van der Waals surface area (Å²) in [7, 11) is 4.22. The van der Waals surface area contributed by atoms with Crippen LogP contribution in [0.15, 0.2) is 24.0 Å². The minimum atomic E-state index is 0.308. The lowest BCUT2D eigenvalue weighted by Gasteiger charge is -2.36. The maximum Gasteiger partial charge on any atom is 0.223 e. The van der Waals surface area contributed by atoms with Crippen LogP contribution >= 0.6 is 11.8 Å². The second-order valence-electron chi connectivity index (χ2n) is 7.37. The second-order valence-corrected chi connectivity index (χ2v) is 9.15. The minimum absolute atomic E-state index is 0.308. The Morgan fingerprint density at radius 1 is 1.39 bits per heavy atom. The van der Waals surface area contributed by atoms with Crippen LogP contribution in [0.1, 0.15) is 39.0 Å². The predicted molar refractivity (Wildman–Crippen MR) is 97.1 cm³/mol. The molecule has 3 aliphatic rings. The third kappa shape index (κ3) is 3.61. The maximum absolute atomic E-state index is 12.7. The fourth-order valence-corrected chi connectivity index (χ4v) is 5.53. The zero-order valence-electron chi connectivity index (χ0n) is 14.7. The van der Waals surface area contributed by atoms with Crippen LogP contribution in [0.3, 0.4) is 0 Å². The van der Waals surface area contributed by atoms with Gasteiger partial charge in [0.05, 0.1) is 5.37 Å². The molecule has 0 aliphatic carbocycles. The van der Waals surface area contributed by atoms with Crippen molar-refractivity contribution < 1.29 is 4.79 Å². The summed E-state index contributed by atoms with van der Waals surface area (Å²) >= 11 is 2.03. The van der Waals surface area contributed by atoms with Crippen molar-refractivity contribution >= 4 is 17.7 Å². The van der Waals surface area contributed by atoms with E-state index < -0.39 is 0 Å². The van der Waals surface area contributed by atoms with Crippen LogP contribution in [0.4, 0.5) is 0 Å². The number of piperidine rings is 1. The molecule has 2 saturated heterocycles. The summed E-state index contributed by atoms with van der Waals surface area (Å²) in [5.41, 5.74) is 2.46. The molecule has 0 N–H and O–H groups in total. The topological polar surface area (TPSA) is 26.8 Å². The highest BCUT2D eigenvalue weighted by Gasteiger charge is 2.45. The largest absolute Gasteiger partial charge is 0.355 e. The molecule has 3 aliphatic heterocycles. The van der Waals surface area contributed by atoms with Gasteiger partial charge in [-0.1, -0.05) is 6.58 Å². The van der Waals surface area contributed by atoms with Crippen molar-refractivity contribution in [2.45, 2.75) is 49.1 Å². The molecule has 4 nitrogen and oxygen atoms in total. The van der Waals surface area contributed by atoms with E-state index in [1.807, 2.05) is 18.8 Å². The zero-order valence-corrected chi connectivity index (χ0v) is 15.5. The van der Waals surface area contributed by atoms with Gasteiger partial charge in [0.2, 0.25) is 5.91 Å². The standard InChI is InChI=1S/C18H29N3OS/c1-14-11-16(12-20(14)4)5-6-17(22)21-13-18(23-15(21)2)7-9-19(3)10-8-18/h12,15H,1,5-11,13H2,2-4H3. The van der Waals surface area contributed by atoms with Crippen LogP contribution in [-0.4, -0.2) is 64.5 Å². The Labute approximate surface area is 144 Å². The highest BCUT2D eigenvalue weighted by molar-refractivity contribution is 8.01. The van der Waals surface area contributed by atoms with Gasteiger partial charge in [-0.15, -0.1) is 11.8 Å². The SMILES string of the molecule is C=C1CC(CCC(=O)N2CC3(CCN(C)CC3)SC2C)=CN1C. The minimum Gasteiger partial charge on any atom is -0.355 e. The molecule has 0 aromatic carbocycles. The summed E-state index contributed by atoms with van der Waals surface area (Å²) in [5.74, 6) is 0.321. The van der Waals surface area contributed by atoms with Crippen LogP contribution in [-0.2, 0) is 4.79 Å². The normalized spacial score (nSPS) is 27.9. The Bertz CT molecular complexity index is 522. The smallest absolute Gasteiger partial charge is 0.223 e. The summed E-state index contributed by atoms with van der Waals surface area (Å²) in [6.07, 6.45) is 6.97. The van der Waals surface area contributed by atoms with E-state index in [1.54, 1.807) is 0 Å². The van der Waals surface area contributed by atoms with Crippen LogP contribution < -0.4 is 0 Å². The van der Waals surface area contributed by atoms with Gasteiger partial charge in [-0.3, -0.25) is 4.79 Å². The number of rotatable bonds is 3. The van der Waals surface area contributed by atoms with E-state index in [2.05, 4.69) is 41.5 Å². The number of nitrogens with zero attached hydrogens (tertiary/aromatic N) is 3. The van der Waals surface area contributed by atoms with Crippen LogP contribution in [0.25, 0.3) is 0 Å². The Kier molecular flexibility index (Phi) is 4.79. The van der Waals surface area contributed by atoms with Gasteiger partial charge >= 0.3 is 0 Å².